The van der Waals surface area contributed by atoms with Crippen LogP contribution in [0, 0.1) is 5.92 Å². The van der Waals surface area contributed by atoms with Crippen molar-refractivity contribution in [2.24, 2.45) is 5.92 Å². The first-order chi connectivity index (χ1) is 9.47. The van der Waals surface area contributed by atoms with Gasteiger partial charge in [0.2, 0.25) is 11.8 Å². The largest absolute Gasteiger partial charge is 0.332 e. The monoisotopic (exact) mass is 291 g/mol. The van der Waals surface area contributed by atoms with E-state index in [-0.39, 0.29) is 22.8 Å². The smallest absolute Gasteiger partial charge is 0.229 e. The Morgan fingerprint density at radius 3 is 2.65 bits per heavy atom. The molecular weight excluding hydrogens is 274 g/mol. The number of carbonyl (C=O) groups is 2. The molecule has 1 aliphatic rings. The molecule has 2 rings (SSSR count). The van der Waals surface area contributed by atoms with Crippen LogP contribution in [-0.2, 0) is 9.59 Å². The van der Waals surface area contributed by atoms with Crippen molar-refractivity contribution in [3.8, 4) is 0 Å². The number of amides is 2. The molecule has 1 saturated carbocycles. The van der Waals surface area contributed by atoms with Gasteiger partial charge in [-0.2, -0.15) is 0 Å². The highest BCUT2D eigenvalue weighted by molar-refractivity contribution is 7.80. The number of nitrogens with one attached hydrogen (secondary N) is 2. The third-order valence-corrected chi connectivity index (χ3v) is 3.35. The molecule has 106 valence electrons. The minimum absolute atomic E-state index is 0.0282. The van der Waals surface area contributed by atoms with E-state index >= 15 is 0 Å². The van der Waals surface area contributed by atoms with Crippen molar-refractivity contribution in [2.45, 2.75) is 19.8 Å². The van der Waals surface area contributed by atoms with Gasteiger partial charge < -0.3 is 15.5 Å². The van der Waals surface area contributed by atoms with Crippen molar-refractivity contribution in [3.63, 3.8) is 0 Å². The molecule has 0 spiro atoms. The van der Waals surface area contributed by atoms with Crippen molar-refractivity contribution < 1.29 is 9.59 Å². The molecule has 20 heavy (non-hydrogen) atoms. The zero-order valence-corrected chi connectivity index (χ0v) is 12.3. The Kier molecular flexibility index (Phi) is 4.34. The molecule has 0 aliphatic heterocycles. The van der Waals surface area contributed by atoms with Crippen LogP contribution < -0.4 is 15.5 Å². The SMILES string of the molecule is CC(=O)N(C)c1cccc(NC(=S)NC(=O)C2CC2)c1. The first kappa shape index (κ1) is 14.5. The predicted octanol–water partition coefficient (Wildman–Crippen LogP) is 1.89. The lowest BCUT2D eigenvalue weighted by atomic mass is 10.2. The first-order valence-corrected chi connectivity index (χ1v) is 6.84. The standard InChI is InChI=1S/C14H17N3O2S/c1-9(18)17(2)12-5-3-4-11(8-12)15-14(20)16-13(19)10-6-7-10/h3-5,8,10H,6-7H2,1-2H3,(H2,15,16,19,20). The quantitative estimate of drug-likeness (QED) is 0.835. The third-order valence-electron chi connectivity index (χ3n) is 3.15. The van der Waals surface area contributed by atoms with E-state index in [0.717, 1.165) is 24.2 Å². The fourth-order valence-corrected chi connectivity index (χ4v) is 1.91. The number of anilines is 2. The molecule has 6 heteroatoms. The van der Waals surface area contributed by atoms with E-state index in [1.165, 1.54) is 11.8 Å². The summed E-state index contributed by atoms with van der Waals surface area (Å²) in [6.45, 7) is 1.50. The molecule has 0 saturated heterocycles. The molecular formula is C14H17N3O2S. The Morgan fingerprint density at radius 2 is 2.05 bits per heavy atom. The van der Waals surface area contributed by atoms with Gasteiger partial charge in [-0.3, -0.25) is 9.59 Å². The predicted molar refractivity (Wildman–Crippen MR) is 82.6 cm³/mol. The molecule has 2 N–H and O–H groups in total. The van der Waals surface area contributed by atoms with Crippen molar-refractivity contribution >= 4 is 40.5 Å². The summed E-state index contributed by atoms with van der Waals surface area (Å²) in [6, 6.07) is 7.28. The zero-order chi connectivity index (χ0) is 14.7. The number of thiocarbonyl (C=S) groups is 1. The summed E-state index contributed by atoms with van der Waals surface area (Å²) in [5.74, 6) is 0.0381. The van der Waals surface area contributed by atoms with Crippen LogP contribution in [0.25, 0.3) is 0 Å². The van der Waals surface area contributed by atoms with Crippen LogP contribution in [-0.4, -0.2) is 24.0 Å². The summed E-state index contributed by atoms with van der Waals surface area (Å²) < 4.78 is 0. The van der Waals surface area contributed by atoms with E-state index in [1.807, 2.05) is 18.2 Å². The summed E-state index contributed by atoms with van der Waals surface area (Å²) in [5.41, 5.74) is 1.50. The van der Waals surface area contributed by atoms with Gasteiger partial charge in [0.15, 0.2) is 5.11 Å². The van der Waals surface area contributed by atoms with Crippen molar-refractivity contribution in [1.29, 1.82) is 0 Å². The second-order valence-electron chi connectivity index (χ2n) is 4.85. The van der Waals surface area contributed by atoms with E-state index in [9.17, 15) is 9.59 Å². The van der Waals surface area contributed by atoms with Gasteiger partial charge in [0.1, 0.15) is 0 Å². The Morgan fingerprint density at radius 1 is 1.35 bits per heavy atom. The van der Waals surface area contributed by atoms with E-state index in [1.54, 1.807) is 13.1 Å². The van der Waals surface area contributed by atoms with E-state index < -0.39 is 0 Å². The fraction of sp³-hybridized carbons (Fsp3) is 0.357. The van der Waals surface area contributed by atoms with Crippen molar-refractivity contribution in [2.75, 3.05) is 17.3 Å². The average molecular weight is 291 g/mol. The van der Waals surface area contributed by atoms with Crippen LogP contribution >= 0.6 is 12.2 Å². The molecule has 1 aromatic rings. The Hall–Kier alpha value is -1.95. The summed E-state index contributed by atoms with van der Waals surface area (Å²) in [6.07, 6.45) is 1.88. The highest BCUT2D eigenvalue weighted by atomic mass is 32.1. The van der Waals surface area contributed by atoms with E-state index in [0.29, 0.717) is 0 Å². The van der Waals surface area contributed by atoms with Crippen LogP contribution in [0.1, 0.15) is 19.8 Å². The van der Waals surface area contributed by atoms with E-state index in [2.05, 4.69) is 10.6 Å². The second kappa shape index (κ2) is 6.00. The molecule has 0 heterocycles. The molecule has 2 amide bonds. The summed E-state index contributed by atoms with van der Waals surface area (Å²) in [4.78, 5) is 24.4. The Balaban J connectivity index is 1.98. The molecule has 0 aromatic heterocycles. The number of carbonyl (C=O) groups excluding carboxylic acids is 2. The normalized spacial score (nSPS) is 13.5. The maximum atomic E-state index is 11.6. The summed E-state index contributed by atoms with van der Waals surface area (Å²) in [7, 11) is 1.70. The van der Waals surface area contributed by atoms with Crippen LogP contribution in [0.15, 0.2) is 24.3 Å². The molecule has 0 unspecified atom stereocenters. The van der Waals surface area contributed by atoms with Gasteiger partial charge in [0, 0.05) is 31.3 Å². The van der Waals surface area contributed by atoms with Gasteiger partial charge in [-0.15, -0.1) is 0 Å². The number of nitrogens with zero attached hydrogens (tertiary/aromatic N) is 1. The number of hydrogen-bond donors (Lipinski definition) is 2. The van der Waals surface area contributed by atoms with Crippen molar-refractivity contribution in [3.05, 3.63) is 24.3 Å². The third kappa shape index (κ3) is 3.77. The Labute approximate surface area is 123 Å². The van der Waals surface area contributed by atoms with Gasteiger partial charge in [0.25, 0.3) is 0 Å². The number of hydrogen-bond acceptors (Lipinski definition) is 3. The lowest BCUT2D eigenvalue weighted by molar-refractivity contribution is -0.120. The van der Waals surface area contributed by atoms with Gasteiger partial charge in [-0.25, -0.2) is 0 Å². The maximum absolute atomic E-state index is 11.6. The van der Waals surface area contributed by atoms with Gasteiger partial charge in [0.05, 0.1) is 0 Å². The lowest BCUT2D eigenvalue weighted by Crippen LogP contribution is -2.35. The maximum Gasteiger partial charge on any atom is 0.229 e. The molecule has 0 atom stereocenters. The summed E-state index contributed by atoms with van der Waals surface area (Å²) in [5, 5.41) is 5.90. The zero-order valence-electron chi connectivity index (χ0n) is 11.5. The molecule has 0 radical (unpaired) electrons. The molecule has 1 aromatic carbocycles. The molecule has 0 bridgehead atoms. The van der Waals surface area contributed by atoms with Crippen LogP contribution in [0.5, 0.6) is 0 Å². The highest BCUT2D eigenvalue weighted by Crippen LogP contribution is 2.28. The minimum Gasteiger partial charge on any atom is -0.332 e. The van der Waals surface area contributed by atoms with Gasteiger partial charge in [-0.05, 0) is 43.3 Å². The minimum atomic E-state index is -0.0493. The molecule has 1 fully saturated rings. The van der Waals surface area contributed by atoms with Crippen molar-refractivity contribution in [1.82, 2.24) is 5.32 Å². The lowest BCUT2D eigenvalue weighted by Gasteiger charge is -2.16. The van der Waals surface area contributed by atoms with Gasteiger partial charge >= 0.3 is 0 Å². The molecule has 5 nitrogen and oxygen atoms in total. The highest BCUT2D eigenvalue weighted by Gasteiger charge is 2.29. The van der Waals surface area contributed by atoms with E-state index in [4.69, 9.17) is 12.2 Å². The summed E-state index contributed by atoms with van der Waals surface area (Å²) >= 11 is 5.10. The topological polar surface area (TPSA) is 61.4 Å². The second-order valence-corrected chi connectivity index (χ2v) is 5.25. The first-order valence-electron chi connectivity index (χ1n) is 6.43. The Bertz CT molecular complexity index is 555. The van der Waals surface area contributed by atoms with Crippen LogP contribution in [0.4, 0.5) is 11.4 Å². The average Bonchev–Trinajstić information content (AvgIpc) is 3.22. The number of rotatable bonds is 3. The van der Waals surface area contributed by atoms with Crippen LogP contribution in [0.3, 0.4) is 0 Å². The van der Waals surface area contributed by atoms with Crippen LogP contribution in [0.2, 0.25) is 0 Å². The fourth-order valence-electron chi connectivity index (χ4n) is 1.70. The number of benzene rings is 1. The van der Waals surface area contributed by atoms with Gasteiger partial charge in [-0.1, -0.05) is 6.07 Å². The molecule has 1 aliphatic carbocycles.